The second-order valence-corrected chi connectivity index (χ2v) is 1.97. The van der Waals surface area contributed by atoms with E-state index in [2.05, 4.69) is 9.98 Å². The Labute approximate surface area is 63.2 Å². The Balaban J connectivity index is 3.15. The molecule has 0 bridgehead atoms. The lowest BCUT2D eigenvalue weighted by molar-refractivity contribution is 0.825. The minimum atomic E-state index is -0.152. The molecule has 0 saturated heterocycles. The Morgan fingerprint density at radius 1 is 1.82 bits per heavy atom. The van der Waals surface area contributed by atoms with Crippen LogP contribution < -0.4 is 11.3 Å². The van der Waals surface area contributed by atoms with Crippen molar-refractivity contribution in [2.45, 2.75) is 0 Å². The summed E-state index contributed by atoms with van der Waals surface area (Å²) in [6.45, 7) is 0. The molecule has 0 aromatic carbocycles. The third-order valence-corrected chi connectivity index (χ3v) is 1.17. The Hall–Kier alpha value is -1.65. The van der Waals surface area contributed by atoms with E-state index in [-0.39, 0.29) is 5.56 Å². The van der Waals surface area contributed by atoms with E-state index in [9.17, 15) is 4.79 Å². The van der Waals surface area contributed by atoms with Gasteiger partial charge in [-0.25, -0.2) is 9.98 Å². The highest BCUT2D eigenvalue weighted by atomic mass is 16.1. The van der Waals surface area contributed by atoms with Crippen LogP contribution in [0.1, 0.15) is 0 Å². The normalized spacial score (nSPS) is 10.6. The summed E-state index contributed by atoms with van der Waals surface area (Å²) < 4.78 is 1.36. The monoisotopic (exact) mass is 152 g/mol. The summed E-state index contributed by atoms with van der Waals surface area (Å²) in [4.78, 5) is 18.4. The van der Waals surface area contributed by atoms with E-state index in [0.717, 1.165) is 6.34 Å². The second-order valence-electron chi connectivity index (χ2n) is 1.97. The first-order chi connectivity index (χ1) is 5.24. The Bertz CT molecular complexity index is 328. The number of rotatable bonds is 1. The molecule has 0 spiro atoms. The zero-order valence-electron chi connectivity index (χ0n) is 6.06. The van der Waals surface area contributed by atoms with Gasteiger partial charge in [-0.3, -0.25) is 4.79 Å². The highest BCUT2D eigenvalue weighted by Gasteiger charge is 1.91. The minimum absolute atomic E-state index is 0.152. The molecule has 0 amide bonds. The lowest BCUT2D eigenvalue weighted by Crippen LogP contribution is -2.14. The molecule has 0 aliphatic carbocycles. The van der Waals surface area contributed by atoms with Crippen LogP contribution in [0.2, 0.25) is 0 Å². The SMILES string of the molecule is Cn1cnc(/N=C/N)cc1=O. The average molecular weight is 152 g/mol. The van der Waals surface area contributed by atoms with Crippen LogP contribution in [0.15, 0.2) is 22.2 Å². The van der Waals surface area contributed by atoms with Crippen molar-refractivity contribution in [1.29, 1.82) is 0 Å². The quantitative estimate of drug-likeness (QED) is 0.431. The molecule has 1 aromatic heterocycles. The molecule has 0 aliphatic rings. The Morgan fingerprint density at radius 2 is 2.55 bits per heavy atom. The van der Waals surface area contributed by atoms with Crippen LogP contribution in [0.4, 0.5) is 5.82 Å². The summed E-state index contributed by atoms with van der Waals surface area (Å²) in [5.74, 6) is 0.329. The largest absolute Gasteiger partial charge is 0.390 e. The van der Waals surface area contributed by atoms with Crippen molar-refractivity contribution in [3.8, 4) is 0 Å². The van der Waals surface area contributed by atoms with E-state index in [0.29, 0.717) is 5.82 Å². The molecule has 0 saturated carbocycles. The van der Waals surface area contributed by atoms with Crippen LogP contribution in [-0.4, -0.2) is 15.9 Å². The molecule has 2 N–H and O–H groups in total. The topological polar surface area (TPSA) is 73.3 Å². The van der Waals surface area contributed by atoms with Gasteiger partial charge in [0.25, 0.3) is 5.56 Å². The van der Waals surface area contributed by atoms with Crippen molar-refractivity contribution >= 4 is 12.2 Å². The summed E-state index contributed by atoms with van der Waals surface area (Å²) in [5, 5.41) is 0. The number of nitrogens with zero attached hydrogens (tertiary/aromatic N) is 3. The zero-order chi connectivity index (χ0) is 8.27. The fraction of sp³-hybridized carbons (Fsp3) is 0.167. The highest BCUT2D eigenvalue weighted by Crippen LogP contribution is 1.98. The third-order valence-electron chi connectivity index (χ3n) is 1.17. The fourth-order valence-corrected chi connectivity index (χ4v) is 0.599. The Kier molecular flexibility index (Phi) is 2.00. The van der Waals surface area contributed by atoms with Crippen LogP contribution in [0.25, 0.3) is 0 Å². The van der Waals surface area contributed by atoms with Gasteiger partial charge in [-0.1, -0.05) is 0 Å². The van der Waals surface area contributed by atoms with Crippen LogP contribution in [0, 0.1) is 0 Å². The molecule has 0 atom stereocenters. The molecule has 1 aromatic rings. The predicted molar refractivity (Wildman–Crippen MR) is 41.8 cm³/mol. The second kappa shape index (κ2) is 2.96. The maximum atomic E-state index is 10.9. The van der Waals surface area contributed by atoms with Crippen molar-refractivity contribution in [1.82, 2.24) is 9.55 Å². The average Bonchev–Trinajstić information content (AvgIpc) is 1.98. The molecule has 1 heterocycles. The van der Waals surface area contributed by atoms with Gasteiger partial charge in [0.2, 0.25) is 0 Å². The first-order valence-electron chi connectivity index (χ1n) is 3.01. The van der Waals surface area contributed by atoms with E-state index < -0.39 is 0 Å². The van der Waals surface area contributed by atoms with Gasteiger partial charge in [0.15, 0.2) is 5.82 Å². The molecule has 5 nitrogen and oxygen atoms in total. The number of aromatic nitrogens is 2. The number of aliphatic imine (C=N–C) groups is 1. The van der Waals surface area contributed by atoms with Gasteiger partial charge in [-0.05, 0) is 0 Å². The first kappa shape index (κ1) is 7.46. The summed E-state index contributed by atoms with van der Waals surface area (Å²) in [7, 11) is 1.62. The first-order valence-corrected chi connectivity index (χ1v) is 3.01. The third kappa shape index (κ3) is 1.64. The molecule has 0 unspecified atom stereocenters. The summed E-state index contributed by atoms with van der Waals surface area (Å²) >= 11 is 0. The zero-order valence-corrected chi connectivity index (χ0v) is 6.06. The van der Waals surface area contributed by atoms with Crippen LogP contribution in [0.3, 0.4) is 0 Å². The van der Waals surface area contributed by atoms with E-state index in [1.54, 1.807) is 7.05 Å². The lowest BCUT2D eigenvalue weighted by Gasteiger charge is -1.94. The molecule has 58 valence electrons. The Morgan fingerprint density at radius 3 is 3.09 bits per heavy atom. The maximum absolute atomic E-state index is 10.9. The van der Waals surface area contributed by atoms with Gasteiger partial charge in [-0.2, -0.15) is 0 Å². The van der Waals surface area contributed by atoms with Gasteiger partial charge in [0.05, 0.1) is 12.7 Å². The molecule has 5 heteroatoms. The van der Waals surface area contributed by atoms with Gasteiger partial charge < -0.3 is 10.3 Å². The predicted octanol–water partition coefficient (Wildman–Crippen LogP) is -0.601. The van der Waals surface area contributed by atoms with Crippen LogP contribution >= 0.6 is 0 Å². The van der Waals surface area contributed by atoms with Gasteiger partial charge in [0, 0.05) is 13.1 Å². The lowest BCUT2D eigenvalue weighted by atomic mass is 10.6. The van der Waals surface area contributed by atoms with E-state index in [4.69, 9.17) is 5.73 Å². The summed E-state index contributed by atoms with van der Waals surface area (Å²) in [6.07, 6.45) is 2.49. The van der Waals surface area contributed by atoms with Crippen molar-refractivity contribution in [3.63, 3.8) is 0 Å². The van der Waals surface area contributed by atoms with Crippen LogP contribution in [0.5, 0.6) is 0 Å². The maximum Gasteiger partial charge on any atom is 0.255 e. The van der Waals surface area contributed by atoms with E-state index in [1.807, 2.05) is 0 Å². The van der Waals surface area contributed by atoms with Crippen molar-refractivity contribution < 1.29 is 0 Å². The van der Waals surface area contributed by atoms with Gasteiger partial charge in [0.1, 0.15) is 0 Å². The smallest absolute Gasteiger partial charge is 0.255 e. The van der Waals surface area contributed by atoms with Crippen molar-refractivity contribution in [2.75, 3.05) is 0 Å². The van der Waals surface area contributed by atoms with E-state index in [1.165, 1.54) is 17.0 Å². The highest BCUT2D eigenvalue weighted by molar-refractivity contribution is 5.56. The molecule has 11 heavy (non-hydrogen) atoms. The molecule has 0 radical (unpaired) electrons. The fourth-order valence-electron chi connectivity index (χ4n) is 0.599. The standard InChI is InChI=1S/C6H8N4O/c1-10-4-9-5(8-3-7)2-6(10)11/h2-4H,1H3,(H2,7,8). The number of aryl methyl sites for hydroxylation is 1. The molecule has 1 rings (SSSR count). The summed E-state index contributed by atoms with van der Waals surface area (Å²) in [6, 6.07) is 1.31. The molecule has 0 aliphatic heterocycles. The molecular weight excluding hydrogens is 144 g/mol. The van der Waals surface area contributed by atoms with Crippen molar-refractivity contribution in [3.05, 3.63) is 22.7 Å². The number of nitrogens with two attached hydrogens (primary N) is 1. The summed E-state index contributed by atoms with van der Waals surface area (Å²) in [5.41, 5.74) is 4.86. The van der Waals surface area contributed by atoms with Gasteiger partial charge >= 0.3 is 0 Å². The van der Waals surface area contributed by atoms with Gasteiger partial charge in [-0.15, -0.1) is 0 Å². The molecular formula is C6H8N4O. The molecule has 0 fully saturated rings. The van der Waals surface area contributed by atoms with Crippen molar-refractivity contribution in [2.24, 2.45) is 17.8 Å². The van der Waals surface area contributed by atoms with Crippen LogP contribution in [-0.2, 0) is 7.05 Å². The van der Waals surface area contributed by atoms with E-state index >= 15 is 0 Å². The number of hydrogen-bond donors (Lipinski definition) is 1. The minimum Gasteiger partial charge on any atom is -0.390 e. The number of hydrogen-bond acceptors (Lipinski definition) is 3.